The second-order valence-corrected chi connectivity index (χ2v) is 8.64. The predicted octanol–water partition coefficient (Wildman–Crippen LogP) is 6.10. The van der Waals surface area contributed by atoms with Crippen molar-refractivity contribution in [3.8, 4) is 45.1 Å². The minimum atomic E-state index is -5.16. The molecule has 2 heterocycles. The van der Waals surface area contributed by atoms with E-state index in [4.69, 9.17) is 10.7 Å². The predicted molar refractivity (Wildman–Crippen MR) is 138 cm³/mol. The van der Waals surface area contributed by atoms with Gasteiger partial charge in [-0.1, -0.05) is 66.7 Å². The number of rotatable bonds is 5. The van der Waals surface area contributed by atoms with E-state index in [1.807, 2.05) is 30.3 Å². The van der Waals surface area contributed by atoms with Crippen LogP contribution in [0.2, 0.25) is 0 Å². The van der Waals surface area contributed by atoms with Crippen LogP contribution in [0.4, 0.5) is 13.2 Å². The second-order valence-electron chi connectivity index (χ2n) is 8.64. The number of esters is 1. The van der Waals surface area contributed by atoms with E-state index in [9.17, 15) is 28.2 Å². The van der Waals surface area contributed by atoms with Crippen LogP contribution in [0.15, 0.2) is 91.1 Å². The normalized spacial score (nSPS) is 12.3. The molecule has 5 rings (SSSR count). The zero-order chi connectivity index (χ0) is 27.7. The van der Waals surface area contributed by atoms with E-state index >= 15 is 0 Å². The summed E-state index contributed by atoms with van der Waals surface area (Å²) >= 11 is 0. The number of phenols is 1. The van der Waals surface area contributed by atoms with Crippen LogP contribution in [0, 0.1) is 0 Å². The van der Waals surface area contributed by atoms with Crippen molar-refractivity contribution in [2.75, 3.05) is 0 Å². The van der Waals surface area contributed by atoms with Gasteiger partial charge >= 0.3 is 12.1 Å². The number of phenolic OH excluding ortho intramolecular Hbond substituents is 1. The number of hydrogen-bond donors (Lipinski definition) is 3. The molecule has 0 aliphatic carbocycles. The van der Waals surface area contributed by atoms with E-state index in [0.29, 0.717) is 38.9 Å². The Morgan fingerprint density at radius 1 is 0.846 bits per heavy atom. The third kappa shape index (κ3) is 5.23. The van der Waals surface area contributed by atoms with Crippen LogP contribution < -0.4 is 5.73 Å². The molecule has 196 valence electrons. The largest absolute Gasteiger partial charge is 0.508 e. The van der Waals surface area contributed by atoms with Crippen molar-refractivity contribution >= 4 is 16.9 Å². The number of alkyl halides is 3. The molecule has 0 radical (unpaired) electrons. The number of aromatic nitrogens is 2. The van der Waals surface area contributed by atoms with E-state index in [1.54, 1.807) is 36.4 Å². The number of carbonyl (C=O) groups excluding carboxylic acids is 1. The number of ether oxygens (including phenoxy) is 1. The summed E-state index contributed by atoms with van der Waals surface area (Å²) in [7, 11) is 0. The molecular formula is C29H20F3N3O4. The van der Waals surface area contributed by atoms with E-state index in [-0.39, 0.29) is 17.2 Å². The maximum absolute atomic E-state index is 12.6. The summed E-state index contributed by atoms with van der Waals surface area (Å²) in [5.41, 5.74) is 10.00. The maximum atomic E-state index is 12.6. The van der Waals surface area contributed by atoms with Crippen molar-refractivity contribution in [3.63, 3.8) is 0 Å². The summed E-state index contributed by atoms with van der Waals surface area (Å²) in [5.74, 6) is -2.56. The van der Waals surface area contributed by atoms with Crippen LogP contribution in [0.25, 0.3) is 44.4 Å². The molecule has 0 spiro atoms. The molecule has 4 N–H and O–H groups in total. The van der Waals surface area contributed by atoms with Gasteiger partial charge in [-0.25, -0.2) is 14.8 Å². The molecule has 5 aromatic rings. The van der Waals surface area contributed by atoms with Gasteiger partial charge in [-0.3, -0.25) is 5.73 Å². The average Bonchev–Trinajstić information content (AvgIpc) is 2.93. The molecule has 7 nitrogen and oxygen atoms in total. The molecule has 1 unspecified atom stereocenters. The fourth-order valence-electron chi connectivity index (χ4n) is 4.17. The number of carbonyl (C=O) groups is 1. The Balaban J connectivity index is 1.66. The summed E-state index contributed by atoms with van der Waals surface area (Å²) in [4.78, 5) is 20.2. The Hall–Kier alpha value is -4.96. The Morgan fingerprint density at radius 3 is 2.21 bits per heavy atom. The van der Waals surface area contributed by atoms with Crippen molar-refractivity contribution in [3.05, 3.63) is 96.7 Å². The zero-order valence-corrected chi connectivity index (χ0v) is 20.1. The van der Waals surface area contributed by atoms with Gasteiger partial charge in [-0.2, -0.15) is 13.2 Å². The highest BCUT2D eigenvalue weighted by Gasteiger charge is 2.42. The number of fused-ring (bicyclic) bond motifs is 1. The molecule has 0 aliphatic rings. The van der Waals surface area contributed by atoms with Gasteiger partial charge < -0.3 is 14.9 Å². The van der Waals surface area contributed by atoms with Gasteiger partial charge in [0.25, 0.3) is 0 Å². The number of nitrogens with zero attached hydrogens (tertiary/aromatic N) is 2. The third-order valence-electron chi connectivity index (χ3n) is 6.05. The fourth-order valence-corrected chi connectivity index (χ4v) is 4.17. The van der Waals surface area contributed by atoms with Gasteiger partial charge in [0.05, 0.1) is 16.6 Å². The number of benzene rings is 3. The van der Waals surface area contributed by atoms with Crippen LogP contribution in [0.1, 0.15) is 11.8 Å². The van der Waals surface area contributed by atoms with E-state index in [0.717, 1.165) is 5.56 Å². The summed E-state index contributed by atoms with van der Waals surface area (Å²) in [6, 6.07) is 23.7. The molecule has 39 heavy (non-hydrogen) atoms. The second kappa shape index (κ2) is 10.1. The molecule has 2 aromatic heterocycles. The summed E-state index contributed by atoms with van der Waals surface area (Å²) in [6.45, 7) is 0. The third-order valence-corrected chi connectivity index (χ3v) is 6.05. The van der Waals surface area contributed by atoms with Crippen molar-refractivity contribution < 1.29 is 32.9 Å². The lowest BCUT2D eigenvalue weighted by Crippen LogP contribution is -2.29. The topological polar surface area (TPSA) is 119 Å². The van der Waals surface area contributed by atoms with Crippen molar-refractivity contribution in [2.45, 2.75) is 12.4 Å². The Bertz CT molecular complexity index is 1670. The van der Waals surface area contributed by atoms with E-state index in [1.165, 1.54) is 24.4 Å². The number of aromatic hydroxyl groups is 2. The first kappa shape index (κ1) is 25.7. The lowest BCUT2D eigenvalue weighted by Gasteiger charge is -2.16. The highest BCUT2D eigenvalue weighted by Crippen LogP contribution is 2.39. The van der Waals surface area contributed by atoms with Crippen molar-refractivity contribution in [1.82, 2.24) is 9.97 Å². The highest BCUT2D eigenvalue weighted by atomic mass is 19.4. The van der Waals surface area contributed by atoms with E-state index in [2.05, 4.69) is 9.72 Å². The first-order valence-electron chi connectivity index (χ1n) is 11.6. The van der Waals surface area contributed by atoms with E-state index < -0.39 is 18.4 Å². The fraction of sp³-hybridized carbons (Fsp3) is 0.0690. The van der Waals surface area contributed by atoms with Crippen molar-refractivity contribution in [2.24, 2.45) is 5.73 Å². The molecule has 0 saturated carbocycles. The monoisotopic (exact) mass is 531 g/mol. The summed E-state index contributed by atoms with van der Waals surface area (Å²) in [5, 5.41) is 21.0. The minimum Gasteiger partial charge on any atom is -0.508 e. The maximum Gasteiger partial charge on any atom is 0.490 e. The van der Waals surface area contributed by atoms with Crippen LogP contribution >= 0.6 is 0 Å². The molecule has 0 bridgehead atoms. The Kier molecular flexibility index (Phi) is 6.63. The van der Waals surface area contributed by atoms with Gasteiger partial charge in [0, 0.05) is 28.5 Å². The Labute approximate surface area is 220 Å². The first-order valence-corrected chi connectivity index (χ1v) is 11.6. The SMILES string of the molecule is NC(OC(=O)C(F)(F)F)c1ccc(-c2nc3c(-c4cccc(O)c4)cnc(O)c3cc2-c2ccccc2)cc1. The quantitative estimate of drug-likeness (QED) is 0.185. The molecule has 0 aliphatic heterocycles. The lowest BCUT2D eigenvalue weighted by atomic mass is 9.95. The Morgan fingerprint density at radius 2 is 1.54 bits per heavy atom. The van der Waals surface area contributed by atoms with Crippen LogP contribution in [0.3, 0.4) is 0 Å². The molecule has 1 atom stereocenters. The van der Waals surface area contributed by atoms with Crippen LogP contribution in [-0.4, -0.2) is 32.3 Å². The molecule has 0 saturated heterocycles. The number of hydrogen-bond acceptors (Lipinski definition) is 7. The van der Waals surface area contributed by atoms with Crippen LogP contribution in [0.5, 0.6) is 11.6 Å². The summed E-state index contributed by atoms with van der Waals surface area (Å²) < 4.78 is 42.1. The molecule has 0 amide bonds. The van der Waals surface area contributed by atoms with Gasteiger partial charge in [0.1, 0.15) is 5.75 Å². The lowest BCUT2D eigenvalue weighted by molar-refractivity contribution is -0.205. The van der Waals surface area contributed by atoms with Gasteiger partial charge in [0.15, 0.2) is 6.23 Å². The number of nitrogens with two attached hydrogens (primary N) is 1. The number of pyridine rings is 2. The molecule has 0 fully saturated rings. The number of halogens is 3. The van der Waals surface area contributed by atoms with Gasteiger partial charge in [0.2, 0.25) is 5.88 Å². The molecule has 3 aromatic carbocycles. The average molecular weight is 531 g/mol. The standard InChI is InChI=1S/C29H20F3N3O4/c30-29(31,32)28(38)39-26(33)18-11-9-17(10-12-18)24-21(16-5-2-1-3-6-16)14-22-25(35-24)23(15-34-27(22)37)19-7-4-8-20(36)13-19/h1-15,26,36H,33H2,(H,34,37). The first-order chi connectivity index (χ1) is 18.6. The molecule has 10 heteroatoms. The minimum absolute atomic E-state index is 0.0491. The zero-order valence-electron chi connectivity index (χ0n) is 20.1. The van der Waals surface area contributed by atoms with Crippen molar-refractivity contribution in [1.29, 1.82) is 0 Å². The van der Waals surface area contributed by atoms with Crippen LogP contribution in [-0.2, 0) is 9.53 Å². The molecular weight excluding hydrogens is 511 g/mol. The smallest absolute Gasteiger partial charge is 0.490 e. The van der Waals surface area contributed by atoms with Gasteiger partial charge in [-0.05, 0) is 29.3 Å². The highest BCUT2D eigenvalue weighted by molar-refractivity contribution is 6.01. The van der Waals surface area contributed by atoms with Gasteiger partial charge in [-0.15, -0.1) is 0 Å². The summed E-state index contributed by atoms with van der Waals surface area (Å²) in [6.07, 6.45) is -5.32.